The number of nitro groups is 1. The van der Waals surface area contributed by atoms with Crippen LogP contribution in [0.1, 0.15) is 6.42 Å². The highest BCUT2D eigenvalue weighted by molar-refractivity contribution is 6.02. The van der Waals surface area contributed by atoms with Gasteiger partial charge < -0.3 is 19.9 Å². The summed E-state index contributed by atoms with van der Waals surface area (Å²) in [5.74, 6) is -2.31. The second-order valence-corrected chi connectivity index (χ2v) is 5.42. The maximum atomic E-state index is 12.2. The number of hydrogen-bond donors (Lipinski definition) is 2. The molecule has 0 spiro atoms. The molecule has 1 aromatic rings. The number of carboxylic acids is 1. The van der Waals surface area contributed by atoms with E-state index in [2.05, 4.69) is 5.32 Å². The van der Waals surface area contributed by atoms with E-state index in [0.717, 1.165) is 11.0 Å². The van der Waals surface area contributed by atoms with Crippen LogP contribution in [0.15, 0.2) is 18.2 Å². The van der Waals surface area contributed by atoms with Crippen molar-refractivity contribution in [2.24, 2.45) is 0 Å². The molecule has 140 valence electrons. The molecule has 0 radical (unpaired) electrons. The van der Waals surface area contributed by atoms with Gasteiger partial charge in [-0.05, 0) is 6.07 Å². The number of ether oxygens (including phenoxy) is 2. The molecule has 0 saturated carbocycles. The normalized spacial score (nSPS) is 14.2. The van der Waals surface area contributed by atoms with E-state index in [1.165, 1.54) is 19.2 Å². The van der Waals surface area contributed by atoms with E-state index in [9.17, 15) is 24.5 Å². The van der Waals surface area contributed by atoms with Crippen LogP contribution < -0.4 is 15.0 Å². The maximum Gasteiger partial charge on any atom is 0.326 e. The van der Waals surface area contributed by atoms with Crippen molar-refractivity contribution in [2.75, 3.05) is 31.8 Å². The van der Waals surface area contributed by atoms with E-state index in [1.54, 1.807) is 0 Å². The van der Waals surface area contributed by atoms with Gasteiger partial charge >= 0.3 is 5.97 Å². The molecule has 1 unspecified atom stereocenters. The fraction of sp³-hybridized carbons (Fsp3) is 0.400. The SMILES string of the molecule is COCCC(NC(=O)CN1C(=O)COc2ccc([N+](=O)[O-])cc21)C(=O)O. The smallest absolute Gasteiger partial charge is 0.326 e. The van der Waals surface area contributed by atoms with Gasteiger partial charge in [0, 0.05) is 32.3 Å². The molecule has 0 aliphatic carbocycles. The Bertz CT molecular complexity index is 736. The number of nitrogens with one attached hydrogen (secondary N) is 1. The summed E-state index contributed by atoms with van der Waals surface area (Å²) >= 11 is 0. The third kappa shape index (κ3) is 4.45. The van der Waals surface area contributed by atoms with Crippen LogP contribution in [-0.4, -0.2) is 60.7 Å². The molecule has 1 atom stereocenters. The monoisotopic (exact) mass is 367 g/mol. The summed E-state index contributed by atoms with van der Waals surface area (Å²) in [6, 6.07) is 2.50. The minimum Gasteiger partial charge on any atom is -0.482 e. The molecule has 1 heterocycles. The van der Waals surface area contributed by atoms with Crippen LogP contribution >= 0.6 is 0 Å². The van der Waals surface area contributed by atoms with Crippen LogP contribution in [-0.2, 0) is 19.1 Å². The van der Waals surface area contributed by atoms with Crippen molar-refractivity contribution in [1.29, 1.82) is 0 Å². The fourth-order valence-corrected chi connectivity index (χ4v) is 2.35. The molecule has 0 saturated heterocycles. The number of rotatable bonds is 8. The first kappa shape index (κ1) is 19.1. The van der Waals surface area contributed by atoms with Crippen LogP contribution in [0.2, 0.25) is 0 Å². The number of amides is 2. The number of nitrogens with zero attached hydrogens (tertiary/aromatic N) is 2. The lowest BCUT2D eigenvalue weighted by Crippen LogP contribution is -2.49. The van der Waals surface area contributed by atoms with Gasteiger partial charge in [0.1, 0.15) is 18.3 Å². The van der Waals surface area contributed by atoms with Crippen molar-refractivity contribution in [3.63, 3.8) is 0 Å². The summed E-state index contributed by atoms with van der Waals surface area (Å²) in [5.41, 5.74) is -0.190. The van der Waals surface area contributed by atoms with Crippen LogP contribution in [0.3, 0.4) is 0 Å². The van der Waals surface area contributed by atoms with Gasteiger partial charge in [-0.1, -0.05) is 0 Å². The Hall–Kier alpha value is -3.21. The summed E-state index contributed by atoms with van der Waals surface area (Å²) in [5, 5.41) is 22.3. The van der Waals surface area contributed by atoms with E-state index in [-0.39, 0.29) is 36.8 Å². The molecule has 1 aromatic carbocycles. The molecule has 11 nitrogen and oxygen atoms in total. The zero-order valence-electron chi connectivity index (χ0n) is 13.8. The minimum absolute atomic E-state index is 0.0523. The average molecular weight is 367 g/mol. The second-order valence-electron chi connectivity index (χ2n) is 5.42. The first-order valence-electron chi connectivity index (χ1n) is 7.56. The number of fused-ring (bicyclic) bond motifs is 1. The molecule has 2 amide bonds. The maximum absolute atomic E-state index is 12.2. The number of anilines is 1. The van der Waals surface area contributed by atoms with Gasteiger partial charge in [0.25, 0.3) is 11.6 Å². The van der Waals surface area contributed by atoms with Gasteiger partial charge in [0.2, 0.25) is 5.91 Å². The van der Waals surface area contributed by atoms with Gasteiger partial charge in [-0.25, -0.2) is 4.79 Å². The topological polar surface area (TPSA) is 148 Å². The van der Waals surface area contributed by atoms with E-state index in [0.29, 0.717) is 0 Å². The largest absolute Gasteiger partial charge is 0.482 e. The predicted molar refractivity (Wildman–Crippen MR) is 87.0 cm³/mol. The zero-order chi connectivity index (χ0) is 19.3. The van der Waals surface area contributed by atoms with Crippen molar-refractivity contribution in [1.82, 2.24) is 5.32 Å². The molecule has 1 aliphatic rings. The van der Waals surface area contributed by atoms with Crippen molar-refractivity contribution in [3.05, 3.63) is 28.3 Å². The van der Waals surface area contributed by atoms with Crippen molar-refractivity contribution < 1.29 is 33.9 Å². The van der Waals surface area contributed by atoms with Crippen molar-refractivity contribution >= 4 is 29.2 Å². The molecule has 0 aromatic heterocycles. The molecule has 1 aliphatic heterocycles. The number of carboxylic acid groups (broad SMARTS) is 1. The van der Waals surface area contributed by atoms with Crippen LogP contribution in [0.25, 0.3) is 0 Å². The Kier molecular flexibility index (Phi) is 6.07. The van der Waals surface area contributed by atoms with Crippen LogP contribution in [0.5, 0.6) is 5.75 Å². The van der Waals surface area contributed by atoms with Crippen molar-refractivity contribution in [2.45, 2.75) is 12.5 Å². The number of benzene rings is 1. The van der Waals surface area contributed by atoms with Gasteiger partial charge in [0.15, 0.2) is 6.61 Å². The molecule has 26 heavy (non-hydrogen) atoms. The Morgan fingerprint density at radius 2 is 2.23 bits per heavy atom. The number of nitro benzene ring substituents is 1. The third-order valence-electron chi connectivity index (χ3n) is 3.64. The minimum atomic E-state index is -1.24. The van der Waals surface area contributed by atoms with E-state index in [1.807, 2.05) is 0 Å². The quantitative estimate of drug-likeness (QED) is 0.479. The highest BCUT2D eigenvalue weighted by Gasteiger charge is 2.30. The standard InChI is InChI=1S/C15H17N3O8/c1-25-5-4-10(15(21)22)16-13(19)7-17-11-6-9(18(23)24)2-3-12(11)26-8-14(17)20/h2-3,6,10H,4-5,7-8H2,1H3,(H,16,19)(H,21,22). The molecule has 2 N–H and O–H groups in total. The lowest BCUT2D eigenvalue weighted by atomic mass is 10.2. The molecular weight excluding hydrogens is 350 g/mol. The molecule has 11 heteroatoms. The lowest BCUT2D eigenvalue weighted by Gasteiger charge is -2.29. The summed E-state index contributed by atoms with van der Waals surface area (Å²) in [4.78, 5) is 46.7. The van der Waals surface area contributed by atoms with Crippen LogP contribution in [0, 0.1) is 10.1 Å². The number of hydrogen-bond acceptors (Lipinski definition) is 7. The van der Waals surface area contributed by atoms with Gasteiger partial charge in [-0.2, -0.15) is 0 Å². The number of non-ortho nitro benzene ring substituents is 1. The number of aliphatic carboxylic acids is 1. The fourth-order valence-electron chi connectivity index (χ4n) is 2.35. The molecule has 0 fully saturated rings. The third-order valence-corrected chi connectivity index (χ3v) is 3.64. The number of carbonyl (C=O) groups is 3. The van der Waals surface area contributed by atoms with Gasteiger partial charge in [0.05, 0.1) is 10.6 Å². The summed E-state index contributed by atoms with van der Waals surface area (Å²) < 4.78 is 9.99. The Morgan fingerprint density at radius 3 is 2.85 bits per heavy atom. The predicted octanol–water partition coefficient (Wildman–Crippen LogP) is -0.0739. The first-order chi connectivity index (χ1) is 12.3. The Labute approximate surface area is 147 Å². The second kappa shape index (κ2) is 8.25. The highest BCUT2D eigenvalue weighted by Crippen LogP contribution is 2.35. The summed E-state index contributed by atoms with van der Waals surface area (Å²) in [6.07, 6.45) is 0.0523. The number of methoxy groups -OCH3 is 1. The Morgan fingerprint density at radius 1 is 1.50 bits per heavy atom. The van der Waals surface area contributed by atoms with E-state index < -0.39 is 35.3 Å². The molecule has 2 rings (SSSR count). The highest BCUT2D eigenvalue weighted by atomic mass is 16.6. The van der Waals surface area contributed by atoms with Gasteiger partial charge in [-0.3, -0.25) is 24.6 Å². The van der Waals surface area contributed by atoms with Crippen molar-refractivity contribution in [3.8, 4) is 5.75 Å². The summed E-state index contributed by atoms with van der Waals surface area (Å²) in [6.45, 7) is -0.694. The molecule has 0 bridgehead atoms. The van der Waals surface area contributed by atoms with Crippen LogP contribution in [0.4, 0.5) is 11.4 Å². The van der Waals surface area contributed by atoms with E-state index >= 15 is 0 Å². The van der Waals surface area contributed by atoms with E-state index in [4.69, 9.17) is 14.6 Å². The average Bonchev–Trinajstić information content (AvgIpc) is 2.60. The first-order valence-corrected chi connectivity index (χ1v) is 7.56. The van der Waals surface area contributed by atoms with Gasteiger partial charge in [-0.15, -0.1) is 0 Å². The zero-order valence-corrected chi connectivity index (χ0v) is 13.8. The molecular formula is C15H17N3O8. The number of carbonyl (C=O) groups excluding carboxylic acids is 2. The lowest BCUT2D eigenvalue weighted by molar-refractivity contribution is -0.384. The summed E-state index contributed by atoms with van der Waals surface area (Å²) in [7, 11) is 1.40. The Balaban J connectivity index is 2.16.